The summed E-state index contributed by atoms with van der Waals surface area (Å²) in [7, 11) is 0. The van der Waals surface area contributed by atoms with Gasteiger partial charge in [-0.05, 0) is 29.5 Å². The van der Waals surface area contributed by atoms with E-state index in [0.717, 1.165) is 29.5 Å². The highest BCUT2D eigenvalue weighted by atomic mass is 16.3. The average Bonchev–Trinajstić information content (AvgIpc) is 2.37. The Bertz CT molecular complexity index is 441. The van der Waals surface area contributed by atoms with Crippen molar-refractivity contribution in [3.05, 3.63) is 28.8 Å². The molecule has 17 heavy (non-hydrogen) atoms. The molecule has 88 valence electrons. The standard InChI is InChI=1S/C14H16N2O/c1-3-12-6-10(5-11(8-15)9-16)7-13(4-2)14(12)17/h6-7,11,17H,3-5H2,1-2H3. The second kappa shape index (κ2) is 5.92. The second-order valence-electron chi connectivity index (χ2n) is 3.98. The largest absolute Gasteiger partial charge is 0.507 e. The molecule has 0 spiro atoms. The summed E-state index contributed by atoms with van der Waals surface area (Å²) in [4.78, 5) is 0. The van der Waals surface area contributed by atoms with Crippen LogP contribution in [-0.4, -0.2) is 5.11 Å². The van der Waals surface area contributed by atoms with Gasteiger partial charge in [0.25, 0.3) is 0 Å². The van der Waals surface area contributed by atoms with Gasteiger partial charge >= 0.3 is 0 Å². The first kappa shape index (κ1) is 13.1. The Morgan fingerprint density at radius 3 is 1.94 bits per heavy atom. The minimum atomic E-state index is -0.617. The van der Waals surface area contributed by atoms with Crippen LogP contribution in [0.1, 0.15) is 30.5 Å². The minimum Gasteiger partial charge on any atom is -0.507 e. The third-order valence-corrected chi connectivity index (χ3v) is 2.84. The molecule has 0 radical (unpaired) electrons. The number of nitrogens with zero attached hydrogens (tertiary/aromatic N) is 2. The predicted octanol–water partition coefficient (Wildman–Crippen LogP) is 2.72. The Balaban J connectivity index is 3.11. The van der Waals surface area contributed by atoms with E-state index in [4.69, 9.17) is 10.5 Å². The zero-order valence-corrected chi connectivity index (χ0v) is 10.2. The molecule has 0 atom stereocenters. The maximum atomic E-state index is 9.93. The molecule has 0 fully saturated rings. The van der Waals surface area contributed by atoms with E-state index in [1.54, 1.807) is 0 Å². The van der Waals surface area contributed by atoms with Crippen LogP contribution in [0.4, 0.5) is 0 Å². The zero-order chi connectivity index (χ0) is 12.8. The van der Waals surface area contributed by atoms with E-state index < -0.39 is 5.92 Å². The molecule has 0 saturated heterocycles. The molecule has 1 rings (SSSR count). The van der Waals surface area contributed by atoms with Gasteiger partial charge in [0.1, 0.15) is 11.7 Å². The van der Waals surface area contributed by atoms with Crippen LogP contribution in [0, 0.1) is 28.6 Å². The summed E-state index contributed by atoms with van der Waals surface area (Å²) in [5, 5.41) is 27.5. The fourth-order valence-electron chi connectivity index (χ4n) is 1.84. The lowest BCUT2D eigenvalue weighted by molar-refractivity contribution is 0.462. The van der Waals surface area contributed by atoms with Gasteiger partial charge in [-0.3, -0.25) is 0 Å². The van der Waals surface area contributed by atoms with Crippen LogP contribution in [0.15, 0.2) is 12.1 Å². The highest BCUT2D eigenvalue weighted by molar-refractivity contribution is 5.44. The SMILES string of the molecule is CCc1cc(CC(C#N)C#N)cc(CC)c1O. The number of aromatic hydroxyl groups is 1. The Morgan fingerprint density at radius 1 is 1.12 bits per heavy atom. The van der Waals surface area contributed by atoms with E-state index >= 15 is 0 Å². The molecule has 3 heteroatoms. The molecule has 0 aromatic heterocycles. The molecular formula is C14H16N2O. The fourth-order valence-corrected chi connectivity index (χ4v) is 1.84. The third kappa shape index (κ3) is 2.98. The van der Waals surface area contributed by atoms with Crippen LogP contribution < -0.4 is 0 Å². The van der Waals surface area contributed by atoms with Gasteiger partial charge in [0.05, 0.1) is 12.1 Å². The lowest BCUT2D eigenvalue weighted by atomic mass is 9.95. The fraction of sp³-hybridized carbons (Fsp3) is 0.429. The summed E-state index contributed by atoms with van der Waals surface area (Å²) >= 11 is 0. The van der Waals surface area contributed by atoms with Crippen molar-refractivity contribution >= 4 is 0 Å². The Morgan fingerprint density at radius 2 is 1.59 bits per heavy atom. The average molecular weight is 228 g/mol. The molecule has 0 aliphatic rings. The molecule has 0 bridgehead atoms. The van der Waals surface area contributed by atoms with Crippen molar-refractivity contribution < 1.29 is 5.11 Å². The highest BCUT2D eigenvalue weighted by Crippen LogP contribution is 2.26. The van der Waals surface area contributed by atoms with Gasteiger partial charge in [-0.2, -0.15) is 10.5 Å². The van der Waals surface area contributed by atoms with E-state index in [9.17, 15) is 5.11 Å². The predicted molar refractivity (Wildman–Crippen MR) is 65.3 cm³/mol. The van der Waals surface area contributed by atoms with Crippen molar-refractivity contribution in [1.82, 2.24) is 0 Å². The van der Waals surface area contributed by atoms with Gasteiger partial charge < -0.3 is 5.11 Å². The van der Waals surface area contributed by atoms with E-state index in [2.05, 4.69) is 0 Å². The maximum absolute atomic E-state index is 9.93. The molecule has 0 amide bonds. The Labute approximate surface area is 102 Å². The minimum absolute atomic E-state index is 0.351. The molecular weight excluding hydrogens is 212 g/mol. The number of nitriles is 2. The smallest absolute Gasteiger partial charge is 0.137 e. The summed E-state index contributed by atoms with van der Waals surface area (Å²) in [5.41, 5.74) is 2.72. The lowest BCUT2D eigenvalue weighted by Gasteiger charge is -2.11. The molecule has 1 aromatic rings. The number of hydrogen-bond acceptors (Lipinski definition) is 3. The van der Waals surface area contributed by atoms with E-state index in [1.807, 2.05) is 38.1 Å². The first-order chi connectivity index (χ1) is 8.15. The van der Waals surface area contributed by atoms with Gasteiger partial charge in [-0.15, -0.1) is 0 Å². The molecule has 0 heterocycles. The topological polar surface area (TPSA) is 67.8 Å². The van der Waals surface area contributed by atoms with Crippen LogP contribution in [-0.2, 0) is 19.3 Å². The molecule has 1 N–H and O–H groups in total. The quantitative estimate of drug-likeness (QED) is 0.861. The van der Waals surface area contributed by atoms with Gasteiger partial charge in [0.2, 0.25) is 0 Å². The third-order valence-electron chi connectivity index (χ3n) is 2.84. The van der Waals surface area contributed by atoms with Gasteiger partial charge in [-0.25, -0.2) is 0 Å². The summed E-state index contributed by atoms with van der Waals surface area (Å²) in [6.45, 7) is 3.95. The van der Waals surface area contributed by atoms with Crippen molar-refractivity contribution in [2.45, 2.75) is 33.1 Å². The zero-order valence-electron chi connectivity index (χ0n) is 10.2. The van der Waals surface area contributed by atoms with Gasteiger partial charge in [0, 0.05) is 6.42 Å². The second-order valence-corrected chi connectivity index (χ2v) is 3.98. The van der Waals surface area contributed by atoms with Gasteiger partial charge in [0.15, 0.2) is 0 Å². The van der Waals surface area contributed by atoms with Crippen molar-refractivity contribution in [3.8, 4) is 17.9 Å². The van der Waals surface area contributed by atoms with Crippen LogP contribution in [0.3, 0.4) is 0 Å². The first-order valence-electron chi connectivity index (χ1n) is 5.79. The van der Waals surface area contributed by atoms with Crippen molar-refractivity contribution in [2.24, 2.45) is 5.92 Å². The van der Waals surface area contributed by atoms with E-state index in [0.29, 0.717) is 12.2 Å². The lowest BCUT2D eigenvalue weighted by Crippen LogP contribution is -2.01. The molecule has 0 aliphatic heterocycles. The number of aryl methyl sites for hydroxylation is 2. The van der Waals surface area contributed by atoms with Crippen molar-refractivity contribution in [2.75, 3.05) is 0 Å². The number of benzene rings is 1. The first-order valence-corrected chi connectivity index (χ1v) is 5.79. The number of rotatable bonds is 4. The highest BCUT2D eigenvalue weighted by Gasteiger charge is 2.11. The number of phenols is 1. The van der Waals surface area contributed by atoms with Crippen LogP contribution in [0.25, 0.3) is 0 Å². The van der Waals surface area contributed by atoms with E-state index in [-0.39, 0.29) is 0 Å². The summed E-state index contributed by atoms with van der Waals surface area (Å²) in [6.07, 6.45) is 1.92. The van der Waals surface area contributed by atoms with Crippen LogP contribution in [0.5, 0.6) is 5.75 Å². The molecule has 0 unspecified atom stereocenters. The molecule has 3 nitrogen and oxygen atoms in total. The maximum Gasteiger partial charge on any atom is 0.137 e. The molecule has 1 aromatic carbocycles. The number of phenolic OH excluding ortho intramolecular Hbond substituents is 1. The summed E-state index contributed by atoms with van der Waals surface area (Å²) in [6, 6.07) is 7.70. The van der Waals surface area contributed by atoms with E-state index in [1.165, 1.54) is 0 Å². The van der Waals surface area contributed by atoms with Crippen LogP contribution in [0.2, 0.25) is 0 Å². The van der Waals surface area contributed by atoms with Crippen molar-refractivity contribution in [1.29, 1.82) is 10.5 Å². The Hall–Kier alpha value is -2.00. The molecule has 0 saturated carbocycles. The van der Waals surface area contributed by atoms with Gasteiger partial charge in [-0.1, -0.05) is 26.0 Å². The Kier molecular flexibility index (Phi) is 4.55. The summed E-state index contributed by atoms with van der Waals surface area (Å²) < 4.78 is 0. The normalized spacial score (nSPS) is 9.94. The number of hydrogen-bond donors (Lipinski definition) is 1. The monoisotopic (exact) mass is 228 g/mol. The van der Waals surface area contributed by atoms with Crippen molar-refractivity contribution in [3.63, 3.8) is 0 Å². The summed E-state index contributed by atoms with van der Waals surface area (Å²) in [5.74, 6) is -0.266. The molecule has 0 aliphatic carbocycles. The van der Waals surface area contributed by atoms with Crippen LogP contribution >= 0.6 is 0 Å².